The van der Waals surface area contributed by atoms with E-state index in [2.05, 4.69) is 22.9 Å². The molecule has 3 heteroatoms. The predicted octanol–water partition coefficient (Wildman–Crippen LogP) is 4.45. The van der Waals surface area contributed by atoms with Crippen LogP contribution in [0.3, 0.4) is 0 Å². The van der Waals surface area contributed by atoms with Crippen LogP contribution in [0.5, 0.6) is 0 Å². The van der Waals surface area contributed by atoms with Gasteiger partial charge in [0.1, 0.15) is 6.29 Å². The Bertz CT molecular complexity index is 506. The number of carbonyl (C=O) groups is 1. The molecule has 1 aromatic carbocycles. The summed E-state index contributed by atoms with van der Waals surface area (Å²) in [5.74, 6) is 0. The molecule has 0 bridgehead atoms. The van der Waals surface area contributed by atoms with Crippen molar-refractivity contribution in [1.82, 2.24) is 0 Å². The molecule has 0 heterocycles. The first kappa shape index (κ1) is 13.6. The molecule has 1 nitrogen and oxygen atoms in total. The molecule has 0 radical (unpaired) electrons. The number of rotatable bonds is 3. The summed E-state index contributed by atoms with van der Waals surface area (Å²) in [5.41, 5.74) is 0.266. The Morgan fingerprint density at radius 2 is 1.83 bits per heavy atom. The summed E-state index contributed by atoms with van der Waals surface area (Å²) in [6.45, 7) is 2.06. The second kappa shape index (κ2) is 5.02. The van der Waals surface area contributed by atoms with Crippen molar-refractivity contribution in [3.05, 3.63) is 59.2 Å². The van der Waals surface area contributed by atoms with Gasteiger partial charge in [-0.1, -0.05) is 70.9 Å². The summed E-state index contributed by atoms with van der Waals surface area (Å²) in [6.07, 6.45) is 9.69. The molecule has 0 fully saturated rings. The van der Waals surface area contributed by atoms with Crippen LogP contribution in [0.2, 0.25) is 5.02 Å². The molecule has 2 rings (SSSR count). The molecule has 94 valence electrons. The van der Waals surface area contributed by atoms with E-state index in [0.717, 1.165) is 18.3 Å². The van der Waals surface area contributed by atoms with Crippen LogP contribution >= 0.6 is 27.5 Å². The Kier molecular flexibility index (Phi) is 3.79. The predicted molar refractivity (Wildman–Crippen MR) is 79.4 cm³/mol. The second-order valence-electron chi connectivity index (χ2n) is 4.43. The van der Waals surface area contributed by atoms with E-state index in [0.29, 0.717) is 5.02 Å². The largest absolute Gasteiger partial charge is 0.302 e. The number of alkyl halides is 1. The standard InChI is InChI=1S/C15H14BrClO/c1-2-15(16)10-4-3-9-14(15,11-18)12-5-7-13(17)8-6-12/h3-11H,2H2,1H3. The zero-order valence-corrected chi connectivity index (χ0v) is 12.4. The van der Waals surface area contributed by atoms with Gasteiger partial charge >= 0.3 is 0 Å². The molecule has 1 aliphatic rings. The SMILES string of the molecule is CCC1(Br)C=CC=CC1(C=O)c1ccc(Cl)cc1. The van der Waals surface area contributed by atoms with Gasteiger partial charge in [0.2, 0.25) is 0 Å². The van der Waals surface area contributed by atoms with Gasteiger partial charge in [-0.2, -0.15) is 0 Å². The highest BCUT2D eigenvalue weighted by Crippen LogP contribution is 2.47. The number of hydrogen-bond acceptors (Lipinski definition) is 1. The van der Waals surface area contributed by atoms with Crippen molar-refractivity contribution >= 4 is 33.8 Å². The van der Waals surface area contributed by atoms with Crippen LogP contribution in [0.25, 0.3) is 0 Å². The van der Waals surface area contributed by atoms with E-state index in [-0.39, 0.29) is 4.32 Å². The van der Waals surface area contributed by atoms with E-state index in [4.69, 9.17) is 11.6 Å². The van der Waals surface area contributed by atoms with Crippen LogP contribution in [0.1, 0.15) is 18.9 Å². The van der Waals surface area contributed by atoms with Crippen molar-refractivity contribution in [3.63, 3.8) is 0 Å². The van der Waals surface area contributed by atoms with Crippen LogP contribution in [-0.4, -0.2) is 10.6 Å². The number of hydrogen-bond donors (Lipinski definition) is 0. The molecule has 1 aromatic rings. The van der Waals surface area contributed by atoms with E-state index >= 15 is 0 Å². The topological polar surface area (TPSA) is 17.1 Å². The molecule has 1 aliphatic carbocycles. The maximum atomic E-state index is 11.8. The zero-order chi connectivity index (χ0) is 13.2. The lowest BCUT2D eigenvalue weighted by Crippen LogP contribution is -2.46. The maximum Gasteiger partial charge on any atom is 0.136 e. The van der Waals surface area contributed by atoms with Crippen LogP contribution in [0, 0.1) is 0 Å². The number of halogens is 2. The number of aldehydes is 1. The molecule has 18 heavy (non-hydrogen) atoms. The third-order valence-electron chi connectivity index (χ3n) is 3.54. The summed E-state index contributed by atoms with van der Waals surface area (Å²) in [7, 11) is 0. The van der Waals surface area contributed by atoms with Gasteiger partial charge in [-0.15, -0.1) is 0 Å². The highest BCUT2D eigenvalue weighted by Gasteiger charge is 2.47. The fourth-order valence-corrected chi connectivity index (χ4v) is 3.10. The van der Waals surface area contributed by atoms with E-state index in [1.165, 1.54) is 0 Å². The van der Waals surface area contributed by atoms with Gasteiger partial charge in [-0.05, 0) is 24.1 Å². The van der Waals surface area contributed by atoms with E-state index < -0.39 is 5.41 Å². The minimum absolute atomic E-state index is 0.385. The third kappa shape index (κ3) is 1.98. The summed E-state index contributed by atoms with van der Waals surface area (Å²) >= 11 is 9.64. The fourth-order valence-electron chi connectivity index (χ4n) is 2.37. The molecule has 2 atom stereocenters. The Morgan fingerprint density at radius 1 is 1.22 bits per heavy atom. The molecule has 2 unspecified atom stereocenters. The van der Waals surface area contributed by atoms with Gasteiger partial charge in [-0.25, -0.2) is 0 Å². The smallest absolute Gasteiger partial charge is 0.136 e. The van der Waals surface area contributed by atoms with E-state index in [1.54, 1.807) is 0 Å². The fraction of sp³-hybridized carbons (Fsp3) is 0.267. The second-order valence-corrected chi connectivity index (χ2v) is 6.28. The van der Waals surface area contributed by atoms with Crippen LogP contribution in [0.15, 0.2) is 48.6 Å². The first-order valence-corrected chi connectivity index (χ1v) is 7.03. The average molecular weight is 326 g/mol. The number of benzene rings is 1. The molecule has 0 saturated carbocycles. The van der Waals surface area contributed by atoms with Gasteiger partial charge in [0.15, 0.2) is 0 Å². The summed E-state index contributed by atoms with van der Waals surface area (Å²) in [4.78, 5) is 11.8. The Hall–Kier alpha value is -0.860. The van der Waals surface area contributed by atoms with Gasteiger partial charge in [-0.3, -0.25) is 0 Å². The summed E-state index contributed by atoms with van der Waals surface area (Å²) < 4.78 is -0.385. The molecular weight excluding hydrogens is 312 g/mol. The van der Waals surface area contributed by atoms with Crippen molar-refractivity contribution in [2.75, 3.05) is 0 Å². The Labute approximate surface area is 121 Å². The van der Waals surface area contributed by atoms with Crippen molar-refractivity contribution in [2.24, 2.45) is 0 Å². The Morgan fingerprint density at radius 3 is 2.39 bits per heavy atom. The number of carbonyl (C=O) groups excluding carboxylic acids is 1. The zero-order valence-electron chi connectivity index (χ0n) is 10.1. The first-order chi connectivity index (χ1) is 8.58. The normalized spacial score (nSPS) is 30.4. The van der Waals surface area contributed by atoms with Gasteiger partial charge in [0.05, 0.1) is 9.74 Å². The number of allylic oxidation sites excluding steroid dienone is 4. The van der Waals surface area contributed by atoms with Gasteiger partial charge in [0, 0.05) is 5.02 Å². The Balaban J connectivity index is 2.60. The average Bonchev–Trinajstić information content (AvgIpc) is 2.40. The highest BCUT2D eigenvalue weighted by atomic mass is 79.9. The monoisotopic (exact) mass is 324 g/mol. The van der Waals surface area contributed by atoms with Gasteiger partial charge in [0.25, 0.3) is 0 Å². The van der Waals surface area contributed by atoms with Crippen LogP contribution in [-0.2, 0) is 10.2 Å². The quantitative estimate of drug-likeness (QED) is 0.593. The van der Waals surface area contributed by atoms with Crippen LogP contribution in [0.4, 0.5) is 0 Å². The van der Waals surface area contributed by atoms with Crippen molar-refractivity contribution in [2.45, 2.75) is 23.1 Å². The lowest BCUT2D eigenvalue weighted by Gasteiger charge is -2.41. The first-order valence-electron chi connectivity index (χ1n) is 5.86. The van der Waals surface area contributed by atoms with Crippen molar-refractivity contribution in [1.29, 1.82) is 0 Å². The van der Waals surface area contributed by atoms with E-state index in [9.17, 15) is 4.79 Å². The highest BCUT2D eigenvalue weighted by molar-refractivity contribution is 9.10. The minimum atomic E-state index is -0.679. The summed E-state index contributed by atoms with van der Waals surface area (Å²) in [6, 6.07) is 7.45. The third-order valence-corrected chi connectivity index (χ3v) is 5.27. The lowest BCUT2D eigenvalue weighted by atomic mass is 9.68. The molecule has 0 aliphatic heterocycles. The van der Waals surface area contributed by atoms with Crippen LogP contribution < -0.4 is 0 Å². The molecule has 0 N–H and O–H groups in total. The summed E-state index contributed by atoms with van der Waals surface area (Å²) in [5, 5.41) is 0.673. The molecule has 0 aromatic heterocycles. The molecule has 0 amide bonds. The maximum absolute atomic E-state index is 11.8. The molecule has 0 spiro atoms. The van der Waals surface area contributed by atoms with Gasteiger partial charge < -0.3 is 4.79 Å². The van der Waals surface area contributed by atoms with E-state index in [1.807, 2.05) is 48.6 Å². The minimum Gasteiger partial charge on any atom is -0.302 e. The lowest BCUT2D eigenvalue weighted by molar-refractivity contribution is -0.111. The van der Waals surface area contributed by atoms with Crippen molar-refractivity contribution in [3.8, 4) is 0 Å². The molecule has 0 saturated heterocycles. The molecular formula is C15H14BrClO. The van der Waals surface area contributed by atoms with Crippen molar-refractivity contribution < 1.29 is 4.79 Å².